The first-order valence-corrected chi connectivity index (χ1v) is 12.6. The minimum Gasteiger partial charge on any atom is -0.378 e. The van der Waals surface area contributed by atoms with Crippen LogP contribution in [0.25, 0.3) is 11.4 Å². The third kappa shape index (κ3) is 4.22. The molecule has 4 fully saturated rings. The minimum absolute atomic E-state index is 0.175. The Morgan fingerprint density at radius 1 is 1.03 bits per heavy atom. The van der Waals surface area contributed by atoms with Crippen LogP contribution in [0.4, 0.5) is 16.3 Å². The Morgan fingerprint density at radius 2 is 1.69 bits per heavy atom. The van der Waals surface area contributed by atoms with Gasteiger partial charge in [-0.05, 0) is 62.8 Å². The summed E-state index contributed by atoms with van der Waals surface area (Å²) in [5.41, 5.74) is 7.52. The predicted octanol–water partition coefficient (Wildman–Crippen LogP) is 2.68. The second kappa shape index (κ2) is 8.48. The van der Waals surface area contributed by atoms with Gasteiger partial charge in [-0.2, -0.15) is 0 Å². The van der Waals surface area contributed by atoms with Crippen molar-refractivity contribution in [1.29, 1.82) is 0 Å². The number of aromatic nitrogens is 2. The van der Waals surface area contributed by atoms with Crippen LogP contribution in [-0.4, -0.2) is 72.2 Å². The standard InChI is InChI=1S/C26H32N6O3/c1-30(18-6-7-18)24(33)26(10-11-26)21-16-22(31-12-14-35-15-13-31)29-23(28-21)17-2-4-19(5-3-17)32(25(27)34)20-8-9-20/h2-5,16,18,20H,6-15H2,1H3,(H2,27,34). The van der Waals surface area contributed by atoms with Crippen LogP contribution in [0.2, 0.25) is 0 Å². The zero-order valence-electron chi connectivity index (χ0n) is 20.2. The zero-order chi connectivity index (χ0) is 24.2. The molecule has 35 heavy (non-hydrogen) atoms. The van der Waals surface area contributed by atoms with E-state index in [9.17, 15) is 9.59 Å². The number of likely N-dealkylation sites (N-methyl/N-ethyl adjacent to an activating group) is 1. The largest absolute Gasteiger partial charge is 0.378 e. The molecule has 3 saturated carbocycles. The fraction of sp³-hybridized carbons (Fsp3) is 0.538. The van der Waals surface area contributed by atoms with Crippen LogP contribution in [-0.2, 0) is 14.9 Å². The molecule has 2 heterocycles. The van der Waals surface area contributed by atoms with Crippen LogP contribution in [0.15, 0.2) is 30.3 Å². The molecule has 3 amide bonds. The molecule has 9 heteroatoms. The van der Waals surface area contributed by atoms with Gasteiger partial charge >= 0.3 is 6.03 Å². The SMILES string of the molecule is CN(C(=O)C1(c2cc(N3CCOCC3)nc(-c3ccc(N(C(N)=O)C4CC4)cc3)n2)CC1)C1CC1. The predicted molar refractivity (Wildman–Crippen MR) is 132 cm³/mol. The molecule has 0 unspecified atom stereocenters. The first-order chi connectivity index (χ1) is 17.0. The quantitative estimate of drug-likeness (QED) is 0.659. The monoisotopic (exact) mass is 476 g/mol. The van der Waals surface area contributed by atoms with Crippen molar-refractivity contribution in [3.05, 3.63) is 36.0 Å². The molecular weight excluding hydrogens is 444 g/mol. The molecule has 2 aromatic rings. The van der Waals surface area contributed by atoms with Crippen molar-refractivity contribution in [3.63, 3.8) is 0 Å². The highest BCUT2D eigenvalue weighted by atomic mass is 16.5. The first kappa shape index (κ1) is 22.3. The van der Waals surface area contributed by atoms with Gasteiger partial charge in [-0.25, -0.2) is 14.8 Å². The van der Waals surface area contributed by atoms with Gasteiger partial charge in [0.25, 0.3) is 0 Å². The highest BCUT2D eigenvalue weighted by Crippen LogP contribution is 2.50. The van der Waals surface area contributed by atoms with Crippen molar-refractivity contribution in [2.24, 2.45) is 5.73 Å². The minimum atomic E-state index is -0.551. The molecular formula is C26H32N6O3. The van der Waals surface area contributed by atoms with Crippen molar-refractivity contribution >= 4 is 23.4 Å². The summed E-state index contributed by atoms with van der Waals surface area (Å²) in [4.78, 5) is 41.1. The Morgan fingerprint density at radius 3 is 2.26 bits per heavy atom. The number of carbonyl (C=O) groups is 2. The number of amides is 3. The number of primary amides is 1. The number of ether oxygens (including phenoxy) is 1. The lowest BCUT2D eigenvalue weighted by Gasteiger charge is -2.29. The third-order valence-corrected chi connectivity index (χ3v) is 7.67. The van der Waals surface area contributed by atoms with E-state index in [1.165, 1.54) is 0 Å². The van der Waals surface area contributed by atoms with Crippen molar-refractivity contribution in [2.45, 2.75) is 56.0 Å². The van der Waals surface area contributed by atoms with Crippen molar-refractivity contribution in [1.82, 2.24) is 14.9 Å². The van der Waals surface area contributed by atoms with E-state index in [0.29, 0.717) is 25.1 Å². The fourth-order valence-corrected chi connectivity index (χ4v) is 5.05. The molecule has 0 bridgehead atoms. The van der Waals surface area contributed by atoms with Gasteiger partial charge in [0.1, 0.15) is 5.82 Å². The molecule has 0 spiro atoms. The maximum Gasteiger partial charge on any atom is 0.319 e. The summed E-state index contributed by atoms with van der Waals surface area (Å²) < 4.78 is 5.54. The van der Waals surface area contributed by atoms with Crippen LogP contribution < -0.4 is 15.5 Å². The molecule has 0 radical (unpaired) electrons. The zero-order valence-corrected chi connectivity index (χ0v) is 20.2. The van der Waals surface area contributed by atoms with Gasteiger partial charge in [-0.3, -0.25) is 9.69 Å². The Labute approximate surface area is 205 Å². The average molecular weight is 477 g/mol. The smallest absolute Gasteiger partial charge is 0.319 e. The number of hydrogen-bond acceptors (Lipinski definition) is 6. The second-order valence-electron chi connectivity index (χ2n) is 10.3. The third-order valence-electron chi connectivity index (χ3n) is 7.67. The van der Waals surface area contributed by atoms with E-state index in [1.807, 2.05) is 42.3 Å². The molecule has 6 rings (SSSR count). The van der Waals surface area contributed by atoms with Crippen molar-refractivity contribution in [2.75, 3.05) is 43.2 Å². The van der Waals surface area contributed by atoms with Crippen LogP contribution in [0.1, 0.15) is 44.2 Å². The summed E-state index contributed by atoms with van der Waals surface area (Å²) in [6, 6.07) is 9.82. The number of nitrogens with two attached hydrogens (primary N) is 1. The highest BCUT2D eigenvalue weighted by Gasteiger charge is 2.55. The molecule has 1 aromatic carbocycles. The summed E-state index contributed by atoms with van der Waals surface area (Å²) in [6.45, 7) is 2.82. The molecule has 0 atom stereocenters. The van der Waals surface area contributed by atoms with Crippen LogP contribution in [0, 0.1) is 0 Å². The molecule has 9 nitrogen and oxygen atoms in total. The Hall–Kier alpha value is -3.20. The maximum absolute atomic E-state index is 13.5. The van der Waals surface area contributed by atoms with Gasteiger partial charge < -0.3 is 20.3 Å². The van der Waals surface area contributed by atoms with E-state index in [0.717, 1.165) is 74.4 Å². The summed E-state index contributed by atoms with van der Waals surface area (Å²) in [6.07, 6.45) is 5.75. The molecule has 3 aliphatic carbocycles. The van der Waals surface area contributed by atoms with E-state index in [1.54, 1.807) is 4.90 Å². The van der Waals surface area contributed by atoms with E-state index in [4.69, 9.17) is 20.4 Å². The molecule has 1 aromatic heterocycles. The van der Waals surface area contributed by atoms with Crippen molar-refractivity contribution < 1.29 is 14.3 Å². The van der Waals surface area contributed by atoms with Gasteiger partial charge in [0, 0.05) is 49.5 Å². The van der Waals surface area contributed by atoms with Crippen LogP contribution in [0.3, 0.4) is 0 Å². The number of carbonyl (C=O) groups excluding carboxylic acids is 2. The van der Waals surface area contributed by atoms with Gasteiger partial charge in [0.2, 0.25) is 5.91 Å². The van der Waals surface area contributed by atoms with Gasteiger partial charge in [-0.15, -0.1) is 0 Å². The number of anilines is 2. The lowest BCUT2D eigenvalue weighted by Crippen LogP contribution is -2.39. The van der Waals surface area contributed by atoms with Crippen LogP contribution >= 0.6 is 0 Å². The lowest BCUT2D eigenvalue weighted by atomic mass is 9.99. The summed E-state index contributed by atoms with van der Waals surface area (Å²) in [5.74, 6) is 1.61. The number of hydrogen-bond donors (Lipinski definition) is 1. The Bertz CT molecular complexity index is 1130. The number of benzene rings is 1. The van der Waals surface area contributed by atoms with E-state index >= 15 is 0 Å². The normalized spacial score (nSPS) is 20.9. The molecule has 1 aliphatic heterocycles. The maximum atomic E-state index is 13.5. The number of morpholine rings is 1. The summed E-state index contributed by atoms with van der Waals surface area (Å²) in [5, 5.41) is 0. The Kier molecular flexibility index (Phi) is 5.40. The van der Waals surface area contributed by atoms with Gasteiger partial charge in [0.15, 0.2) is 5.82 Å². The first-order valence-electron chi connectivity index (χ1n) is 12.6. The lowest BCUT2D eigenvalue weighted by molar-refractivity contribution is -0.133. The molecule has 1 saturated heterocycles. The Balaban J connectivity index is 1.36. The number of nitrogens with zero attached hydrogens (tertiary/aromatic N) is 5. The second-order valence-corrected chi connectivity index (χ2v) is 10.3. The topological polar surface area (TPSA) is 105 Å². The van der Waals surface area contributed by atoms with E-state index < -0.39 is 11.4 Å². The summed E-state index contributed by atoms with van der Waals surface area (Å²) in [7, 11) is 1.92. The van der Waals surface area contributed by atoms with Crippen LogP contribution in [0.5, 0.6) is 0 Å². The van der Waals surface area contributed by atoms with Gasteiger partial charge in [-0.1, -0.05) is 0 Å². The van der Waals surface area contributed by atoms with Crippen molar-refractivity contribution in [3.8, 4) is 11.4 Å². The molecule has 184 valence electrons. The summed E-state index contributed by atoms with van der Waals surface area (Å²) >= 11 is 0. The van der Waals surface area contributed by atoms with E-state index in [2.05, 4.69) is 4.90 Å². The average Bonchev–Trinajstić information content (AvgIpc) is 3.73. The number of urea groups is 1. The molecule has 2 N–H and O–H groups in total. The highest BCUT2D eigenvalue weighted by molar-refractivity contribution is 5.92. The fourth-order valence-electron chi connectivity index (χ4n) is 5.05. The van der Waals surface area contributed by atoms with E-state index in [-0.39, 0.29) is 11.9 Å². The van der Waals surface area contributed by atoms with Gasteiger partial charge in [0.05, 0.1) is 24.3 Å². The molecule has 4 aliphatic rings. The number of rotatable bonds is 7.